The molecule has 0 saturated heterocycles. The van der Waals surface area contributed by atoms with Crippen LogP contribution in [0.3, 0.4) is 0 Å². The Morgan fingerprint density at radius 3 is 2.80 bits per heavy atom. The first-order valence-electron chi connectivity index (χ1n) is 6.81. The van der Waals surface area contributed by atoms with E-state index in [9.17, 15) is 4.39 Å². The topological polar surface area (TPSA) is 34.1 Å². The molecule has 0 aliphatic carbocycles. The summed E-state index contributed by atoms with van der Waals surface area (Å²) >= 11 is 0. The van der Waals surface area contributed by atoms with Gasteiger partial charge in [-0.1, -0.05) is 25.1 Å². The molecule has 0 saturated carbocycles. The van der Waals surface area contributed by atoms with Gasteiger partial charge in [0.15, 0.2) is 11.6 Å². The van der Waals surface area contributed by atoms with Gasteiger partial charge in [0.1, 0.15) is 5.82 Å². The van der Waals surface area contributed by atoms with Gasteiger partial charge in [0.2, 0.25) is 0 Å². The number of pyridine rings is 1. The van der Waals surface area contributed by atoms with Gasteiger partial charge in [-0.15, -0.1) is 0 Å². The molecule has 0 radical (unpaired) electrons. The predicted molar refractivity (Wildman–Crippen MR) is 78.5 cm³/mol. The van der Waals surface area contributed by atoms with Crippen molar-refractivity contribution in [3.63, 3.8) is 0 Å². The van der Waals surface area contributed by atoms with E-state index >= 15 is 0 Å². The standard InChI is InChI=1S/C16H19FN2O/c1-3-11-20-15-9-6-10-18-16(15)19-12(2)13-7-4-5-8-14(13)17/h4-10,12H,3,11H2,1-2H3,(H,18,19). The van der Waals surface area contributed by atoms with Crippen LogP contribution in [0.25, 0.3) is 0 Å². The highest BCUT2D eigenvalue weighted by Gasteiger charge is 2.13. The van der Waals surface area contributed by atoms with Gasteiger partial charge in [-0.2, -0.15) is 0 Å². The summed E-state index contributed by atoms with van der Waals surface area (Å²) < 4.78 is 19.4. The SMILES string of the molecule is CCCOc1cccnc1NC(C)c1ccccc1F. The van der Waals surface area contributed by atoms with Crippen molar-refractivity contribution in [1.29, 1.82) is 0 Å². The van der Waals surface area contributed by atoms with E-state index in [0.29, 0.717) is 23.7 Å². The van der Waals surface area contributed by atoms with Gasteiger partial charge in [-0.25, -0.2) is 9.37 Å². The van der Waals surface area contributed by atoms with Crippen LogP contribution in [0.4, 0.5) is 10.2 Å². The second kappa shape index (κ2) is 6.89. The molecule has 0 bridgehead atoms. The van der Waals surface area contributed by atoms with Gasteiger partial charge in [-0.05, 0) is 31.5 Å². The predicted octanol–water partition coefficient (Wildman–Crippen LogP) is 4.18. The largest absolute Gasteiger partial charge is 0.490 e. The van der Waals surface area contributed by atoms with E-state index in [-0.39, 0.29) is 11.9 Å². The summed E-state index contributed by atoms with van der Waals surface area (Å²) in [5.41, 5.74) is 0.611. The third-order valence-corrected chi connectivity index (χ3v) is 2.96. The second-order valence-corrected chi connectivity index (χ2v) is 4.59. The number of rotatable bonds is 6. The molecule has 106 valence electrons. The molecular formula is C16H19FN2O. The van der Waals surface area contributed by atoms with Gasteiger partial charge in [-0.3, -0.25) is 0 Å². The third kappa shape index (κ3) is 3.47. The van der Waals surface area contributed by atoms with Gasteiger partial charge < -0.3 is 10.1 Å². The summed E-state index contributed by atoms with van der Waals surface area (Å²) in [5, 5.41) is 3.20. The fraction of sp³-hybridized carbons (Fsp3) is 0.312. The van der Waals surface area contributed by atoms with Gasteiger partial charge in [0.25, 0.3) is 0 Å². The van der Waals surface area contributed by atoms with Crippen molar-refractivity contribution in [3.8, 4) is 5.75 Å². The number of hydrogen-bond acceptors (Lipinski definition) is 3. The Morgan fingerprint density at radius 2 is 2.05 bits per heavy atom. The lowest BCUT2D eigenvalue weighted by atomic mass is 10.1. The first-order chi connectivity index (χ1) is 9.72. The lowest BCUT2D eigenvalue weighted by molar-refractivity contribution is 0.317. The molecule has 0 spiro atoms. The molecule has 1 N–H and O–H groups in total. The number of hydrogen-bond donors (Lipinski definition) is 1. The number of anilines is 1. The molecule has 4 heteroatoms. The van der Waals surface area contributed by atoms with Crippen LogP contribution < -0.4 is 10.1 Å². The van der Waals surface area contributed by atoms with E-state index in [4.69, 9.17) is 4.74 Å². The number of nitrogens with one attached hydrogen (secondary N) is 1. The number of aromatic nitrogens is 1. The lowest BCUT2D eigenvalue weighted by Gasteiger charge is -2.18. The van der Waals surface area contributed by atoms with Crippen LogP contribution in [0, 0.1) is 5.82 Å². The minimum atomic E-state index is -0.223. The van der Waals surface area contributed by atoms with Crippen molar-refractivity contribution in [3.05, 3.63) is 54.0 Å². The molecule has 2 aromatic rings. The van der Waals surface area contributed by atoms with E-state index in [1.54, 1.807) is 18.3 Å². The Labute approximate surface area is 118 Å². The van der Waals surface area contributed by atoms with Crippen LogP contribution in [-0.4, -0.2) is 11.6 Å². The molecule has 0 fully saturated rings. The molecule has 20 heavy (non-hydrogen) atoms. The van der Waals surface area contributed by atoms with Gasteiger partial charge in [0, 0.05) is 11.8 Å². The third-order valence-electron chi connectivity index (χ3n) is 2.96. The molecule has 0 aliphatic heterocycles. The number of nitrogens with zero attached hydrogens (tertiary/aromatic N) is 1. The minimum Gasteiger partial charge on any atom is -0.490 e. The Bertz CT molecular complexity index is 560. The maximum Gasteiger partial charge on any atom is 0.169 e. The van der Waals surface area contributed by atoms with E-state index in [1.165, 1.54) is 6.07 Å². The van der Waals surface area contributed by atoms with Gasteiger partial charge in [0.05, 0.1) is 12.6 Å². The smallest absolute Gasteiger partial charge is 0.169 e. The normalized spacial score (nSPS) is 11.9. The molecule has 1 heterocycles. The molecule has 3 nitrogen and oxygen atoms in total. The number of benzene rings is 1. The Balaban J connectivity index is 2.15. The summed E-state index contributed by atoms with van der Waals surface area (Å²) in [6.07, 6.45) is 2.62. The van der Waals surface area contributed by atoms with Crippen LogP contribution in [0.15, 0.2) is 42.6 Å². The van der Waals surface area contributed by atoms with Crippen molar-refractivity contribution in [2.45, 2.75) is 26.3 Å². The van der Waals surface area contributed by atoms with Crippen LogP contribution >= 0.6 is 0 Å². The van der Waals surface area contributed by atoms with Crippen molar-refractivity contribution >= 4 is 5.82 Å². The number of halogens is 1. The van der Waals surface area contributed by atoms with Crippen molar-refractivity contribution in [1.82, 2.24) is 4.98 Å². The summed E-state index contributed by atoms with van der Waals surface area (Å²) in [5.74, 6) is 1.11. The van der Waals surface area contributed by atoms with Crippen molar-refractivity contribution < 1.29 is 9.13 Å². The highest BCUT2D eigenvalue weighted by molar-refractivity contribution is 5.51. The molecule has 0 amide bonds. The second-order valence-electron chi connectivity index (χ2n) is 4.59. The zero-order chi connectivity index (χ0) is 14.4. The van der Waals surface area contributed by atoms with Gasteiger partial charge >= 0.3 is 0 Å². The van der Waals surface area contributed by atoms with E-state index < -0.39 is 0 Å². The fourth-order valence-corrected chi connectivity index (χ4v) is 1.94. The molecule has 2 rings (SSSR count). The van der Waals surface area contributed by atoms with Crippen LogP contribution in [0.5, 0.6) is 5.75 Å². The zero-order valence-electron chi connectivity index (χ0n) is 11.8. The summed E-state index contributed by atoms with van der Waals surface area (Å²) in [4.78, 5) is 4.27. The van der Waals surface area contributed by atoms with Crippen molar-refractivity contribution in [2.75, 3.05) is 11.9 Å². The summed E-state index contributed by atoms with van der Waals surface area (Å²) in [6.45, 7) is 4.58. The molecule has 1 aromatic heterocycles. The average molecular weight is 274 g/mol. The van der Waals surface area contributed by atoms with E-state index in [1.807, 2.05) is 32.0 Å². The molecule has 1 aromatic carbocycles. The highest BCUT2D eigenvalue weighted by atomic mass is 19.1. The number of ether oxygens (including phenoxy) is 1. The quantitative estimate of drug-likeness (QED) is 0.858. The molecular weight excluding hydrogens is 255 g/mol. The van der Waals surface area contributed by atoms with Crippen molar-refractivity contribution in [2.24, 2.45) is 0 Å². The van der Waals surface area contributed by atoms with Crippen LogP contribution in [0.2, 0.25) is 0 Å². The maximum atomic E-state index is 13.8. The first kappa shape index (κ1) is 14.3. The average Bonchev–Trinajstić information content (AvgIpc) is 2.46. The van der Waals surface area contributed by atoms with E-state index in [2.05, 4.69) is 10.3 Å². The van der Waals surface area contributed by atoms with Crippen LogP contribution in [0.1, 0.15) is 31.9 Å². The fourth-order valence-electron chi connectivity index (χ4n) is 1.94. The Morgan fingerprint density at radius 1 is 1.25 bits per heavy atom. The highest BCUT2D eigenvalue weighted by Crippen LogP contribution is 2.26. The Hall–Kier alpha value is -2.10. The monoisotopic (exact) mass is 274 g/mol. The zero-order valence-corrected chi connectivity index (χ0v) is 11.8. The van der Waals surface area contributed by atoms with E-state index in [0.717, 1.165) is 6.42 Å². The molecule has 1 atom stereocenters. The summed E-state index contributed by atoms with van der Waals surface area (Å²) in [7, 11) is 0. The minimum absolute atomic E-state index is 0.185. The Kier molecular flexibility index (Phi) is 4.93. The maximum absolute atomic E-state index is 13.8. The summed E-state index contributed by atoms with van der Waals surface area (Å²) in [6, 6.07) is 10.2. The lowest BCUT2D eigenvalue weighted by Crippen LogP contribution is -2.11. The molecule has 0 aliphatic rings. The van der Waals surface area contributed by atoms with Crippen LogP contribution in [-0.2, 0) is 0 Å². The molecule has 1 unspecified atom stereocenters. The first-order valence-corrected chi connectivity index (χ1v) is 6.81.